The summed E-state index contributed by atoms with van der Waals surface area (Å²) in [5, 5.41) is 11.0. The fourth-order valence-corrected chi connectivity index (χ4v) is 4.86. The molecular weight excluding hydrogens is 469 g/mol. The standard InChI is InChI=1S/C27H33N3O5.Na/c31-25(16-21-15-23(27(33)34)19-28-18-21)29-10-12-30(13-11-29)26(32)22-7-4-8-24(17-22)35-14-9-20-5-2-1-3-6-20;/h4,7-8,15,17-20H,1-3,5-6,9-14,16H2,(H,33,34);/q;+1/p-1. The van der Waals surface area contributed by atoms with Crippen molar-refractivity contribution in [2.75, 3.05) is 32.8 Å². The molecule has 2 fully saturated rings. The number of carbonyl (C=O) groups excluding carboxylic acids is 3. The number of benzene rings is 1. The number of ether oxygens (including phenoxy) is 1. The van der Waals surface area contributed by atoms with E-state index in [1.807, 2.05) is 12.1 Å². The van der Waals surface area contributed by atoms with Gasteiger partial charge in [-0.05, 0) is 42.2 Å². The molecule has 0 atom stereocenters. The number of rotatable bonds is 8. The summed E-state index contributed by atoms with van der Waals surface area (Å²) >= 11 is 0. The molecule has 1 aromatic heterocycles. The van der Waals surface area contributed by atoms with E-state index in [0.29, 0.717) is 49.7 Å². The fraction of sp³-hybridized carbons (Fsp3) is 0.481. The number of hydrogen-bond donors (Lipinski definition) is 0. The predicted molar refractivity (Wildman–Crippen MR) is 128 cm³/mol. The molecule has 4 rings (SSSR count). The Balaban J connectivity index is 0.00000361. The maximum atomic E-state index is 13.0. The van der Waals surface area contributed by atoms with Crippen LogP contribution in [0, 0.1) is 5.92 Å². The van der Waals surface area contributed by atoms with Gasteiger partial charge in [-0.25, -0.2) is 0 Å². The molecule has 0 N–H and O–H groups in total. The average molecular weight is 502 g/mol. The quantitative estimate of drug-likeness (QED) is 0.445. The van der Waals surface area contributed by atoms with Gasteiger partial charge in [-0.15, -0.1) is 0 Å². The second kappa shape index (κ2) is 13.8. The minimum atomic E-state index is -1.32. The third-order valence-corrected chi connectivity index (χ3v) is 6.91. The Kier molecular flexibility index (Phi) is 10.8. The molecule has 1 saturated heterocycles. The number of carboxylic acids is 1. The van der Waals surface area contributed by atoms with Gasteiger partial charge in [0.05, 0.1) is 19.0 Å². The van der Waals surface area contributed by atoms with Crippen LogP contribution in [0.3, 0.4) is 0 Å². The third-order valence-electron chi connectivity index (χ3n) is 6.91. The largest absolute Gasteiger partial charge is 1.00 e. The Morgan fingerprint density at radius 2 is 1.67 bits per heavy atom. The van der Waals surface area contributed by atoms with Crippen molar-refractivity contribution in [1.82, 2.24) is 14.8 Å². The number of carboxylic acid groups (broad SMARTS) is 1. The molecule has 186 valence electrons. The molecule has 1 aromatic carbocycles. The van der Waals surface area contributed by atoms with Crippen molar-refractivity contribution in [1.29, 1.82) is 0 Å². The van der Waals surface area contributed by atoms with Crippen LogP contribution in [-0.2, 0) is 11.2 Å². The first-order valence-corrected chi connectivity index (χ1v) is 12.4. The normalized spacial score (nSPS) is 16.2. The molecule has 2 amide bonds. The molecule has 1 aliphatic heterocycles. The van der Waals surface area contributed by atoms with Crippen LogP contribution in [0.1, 0.15) is 64.8 Å². The molecule has 0 spiro atoms. The molecule has 8 nitrogen and oxygen atoms in total. The monoisotopic (exact) mass is 501 g/mol. The number of amides is 2. The third kappa shape index (κ3) is 7.79. The van der Waals surface area contributed by atoms with Crippen LogP contribution < -0.4 is 39.4 Å². The van der Waals surface area contributed by atoms with Gasteiger partial charge < -0.3 is 24.4 Å². The summed E-state index contributed by atoms with van der Waals surface area (Å²) in [5.41, 5.74) is 1.06. The van der Waals surface area contributed by atoms with Crippen molar-refractivity contribution in [2.45, 2.75) is 44.9 Å². The van der Waals surface area contributed by atoms with Crippen molar-refractivity contribution in [3.63, 3.8) is 0 Å². The second-order valence-electron chi connectivity index (χ2n) is 9.39. The molecule has 0 unspecified atom stereocenters. The Hall–Kier alpha value is -2.42. The summed E-state index contributed by atoms with van der Waals surface area (Å²) in [6.07, 6.45) is 10.4. The molecule has 0 radical (unpaired) electrons. The molecule has 2 aliphatic rings. The van der Waals surface area contributed by atoms with Crippen LogP contribution in [-0.4, -0.2) is 65.4 Å². The molecule has 1 aliphatic carbocycles. The first-order chi connectivity index (χ1) is 17.0. The van der Waals surface area contributed by atoms with Crippen molar-refractivity contribution in [3.8, 4) is 5.75 Å². The smallest absolute Gasteiger partial charge is 0.545 e. The van der Waals surface area contributed by atoms with Crippen molar-refractivity contribution in [3.05, 3.63) is 59.4 Å². The number of aromatic carboxylic acids is 1. The van der Waals surface area contributed by atoms with Gasteiger partial charge in [-0.1, -0.05) is 38.2 Å². The zero-order valence-corrected chi connectivity index (χ0v) is 23.0. The average Bonchev–Trinajstić information content (AvgIpc) is 2.89. The van der Waals surface area contributed by atoms with Crippen molar-refractivity contribution >= 4 is 17.8 Å². The van der Waals surface area contributed by atoms with E-state index in [0.717, 1.165) is 12.3 Å². The first-order valence-electron chi connectivity index (χ1n) is 12.4. The first kappa shape index (κ1) is 28.2. The van der Waals surface area contributed by atoms with Gasteiger partial charge in [0.25, 0.3) is 5.91 Å². The maximum Gasteiger partial charge on any atom is 1.00 e. The van der Waals surface area contributed by atoms with Gasteiger partial charge in [-0.3, -0.25) is 14.6 Å². The van der Waals surface area contributed by atoms with Gasteiger partial charge in [0.2, 0.25) is 5.91 Å². The number of piperazine rings is 1. The number of nitrogens with zero attached hydrogens (tertiary/aromatic N) is 3. The minimum absolute atomic E-state index is 0. The fourth-order valence-electron chi connectivity index (χ4n) is 4.86. The van der Waals surface area contributed by atoms with E-state index in [1.165, 1.54) is 50.6 Å². The molecular formula is C27H32N3NaO5. The van der Waals surface area contributed by atoms with E-state index >= 15 is 0 Å². The van der Waals surface area contributed by atoms with E-state index in [2.05, 4.69) is 4.98 Å². The Morgan fingerprint density at radius 1 is 0.944 bits per heavy atom. The van der Waals surface area contributed by atoms with E-state index in [1.54, 1.807) is 21.9 Å². The van der Waals surface area contributed by atoms with Crippen LogP contribution in [0.25, 0.3) is 0 Å². The topological polar surface area (TPSA) is 103 Å². The van der Waals surface area contributed by atoms with Crippen LogP contribution in [0.2, 0.25) is 0 Å². The summed E-state index contributed by atoms with van der Waals surface area (Å²) in [7, 11) is 0. The number of aromatic nitrogens is 1. The molecule has 2 aromatic rings. The van der Waals surface area contributed by atoms with Crippen LogP contribution in [0.15, 0.2) is 42.7 Å². The predicted octanol–water partition coefficient (Wildman–Crippen LogP) is -0.675. The van der Waals surface area contributed by atoms with Crippen LogP contribution in [0.5, 0.6) is 5.75 Å². The van der Waals surface area contributed by atoms with Gasteiger partial charge in [0.15, 0.2) is 0 Å². The minimum Gasteiger partial charge on any atom is -0.545 e. The molecule has 36 heavy (non-hydrogen) atoms. The van der Waals surface area contributed by atoms with E-state index in [4.69, 9.17) is 4.74 Å². The summed E-state index contributed by atoms with van der Waals surface area (Å²) < 4.78 is 5.95. The number of hydrogen-bond acceptors (Lipinski definition) is 6. The van der Waals surface area contributed by atoms with Crippen molar-refractivity contribution in [2.24, 2.45) is 5.92 Å². The van der Waals surface area contributed by atoms with Crippen LogP contribution in [0.4, 0.5) is 0 Å². The van der Waals surface area contributed by atoms with Crippen molar-refractivity contribution < 1.29 is 53.8 Å². The Bertz CT molecular complexity index is 1050. The SMILES string of the molecule is O=C([O-])c1cncc(CC(=O)N2CCN(C(=O)c3cccc(OCCC4CCCCC4)c3)CC2)c1.[Na+]. The van der Waals surface area contributed by atoms with Gasteiger partial charge in [-0.2, -0.15) is 0 Å². The van der Waals surface area contributed by atoms with E-state index < -0.39 is 5.97 Å². The van der Waals surface area contributed by atoms with Crippen LogP contribution >= 0.6 is 0 Å². The zero-order chi connectivity index (χ0) is 24.6. The van der Waals surface area contributed by atoms with E-state index in [9.17, 15) is 19.5 Å². The summed E-state index contributed by atoms with van der Waals surface area (Å²) in [6, 6.07) is 8.74. The van der Waals surface area contributed by atoms with Gasteiger partial charge >= 0.3 is 29.6 Å². The summed E-state index contributed by atoms with van der Waals surface area (Å²) in [6.45, 7) is 2.40. The van der Waals surface area contributed by atoms with Gasteiger partial charge in [0.1, 0.15) is 5.75 Å². The Morgan fingerprint density at radius 3 is 2.39 bits per heavy atom. The zero-order valence-electron chi connectivity index (χ0n) is 21.0. The molecule has 9 heteroatoms. The molecule has 2 heterocycles. The second-order valence-corrected chi connectivity index (χ2v) is 9.39. The summed E-state index contributed by atoms with van der Waals surface area (Å²) in [5.74, 6) is -0.0455. The van der Waals surface area contributed by atoms with E-state index in [-0.39, 0.29) is 53.4 Å². The number of carbonyl (C=O) groups is 3. The Labute approximate surface area is 234 Å². The summed E-state index contributed by atoms with van der Waals surface area (Å²) in [4.78, 5) is 44.0. The number of pyridine rings is 1. The van der Waals surface area contributed by atoms with Gasteiger partial charge in [0, 0.05) is 49.7 Å². The maximum absolute atomic E-state index is 13.0. The molecule has 1 saturated carbocycles. The molecule has 0 bridgehead atoms.